The van der Waals surface area contributed by atoms with E-state index in [0.29, 0.717) is 23.7 Å². The van der Waals surface area contributed by atoms with E-state index in [1.54, 1.807) is 48.3 Å². The van der Waals surface area contributed by atoms with Crippen LogP contribution in [-0.2, 0) is 11.8 Å². The summed E-state index contributed by atoms with van der Waals surface area (Å²) in [6.45, 7) is 0. The van der Waals surface area contributed by atoms with Gasteiger partial charge in [-0.3, -0.25) is 9.59 Å². The molecule has 1 aliphatic rings. The van der Waals surface area contributed by atoms with Crippen LogP contribution in [-0.4, -0.2) is 21.2 Å². The number of amides is 1. The third-order valence-electron chi connectivity index (χ3n) is 4.96. The molecule has 0 radical (unpaired) electrons. The van der Waals surface area contributed by atoms with E-state index >= 15 is 0 Å². The van der Waals surface area contributed by atoms with Crippen LogP contribution in [0.2, 0.25) is 0 Å². The molecule has 0 aliphatic heterocycles. The maximum atomic E-state index is 12.4. The van der Waals surface area contributed by atoms with Gasteiger partial charge in [0.15, 0.2) is 5.82 Å². The van der Waals surface area contributed by atoms with Crippen LogP contribution in [0.15, 0.2) is 36.7 Å². The maximum Gasteiger partial charge on any atom is 0.228 e. The number of imidazole rings is 1. The van der Waals surface area contributed by atoms with Gasteiger partial charge >= 0.3 is 0 Å². The van der Waals surface area contributed by atoms with Gasteiger partial charge in [-0.25, -0.2) is 4.98 Å². The average molecular weight is 339 g/mol. The number of carbonyl (C=O) groups is 2. The van der Waals surface area contributed by atoms with Crippen LogP contribution in [0.4, 0.5) is 5.69 Å². The van der Waals surface area contributed by atoms with E-state index in [1.165, 1.54) is 32.1 Å². The second-order valence-electron chi connectivity index (χ2n) is 6.86. The number of benzene rings is 1. The predicted octanol–water partition coefficient (Wildman–Crippen LogP) is 3.95. The Balaban J connectivity index is 1.52. The first-order chi connectivity index (χ1) is 12.1. The van der Waals surface area contributed by atoms with Gasteiger partial charge in [0.05, 0.1) is 0 Å². The summed E-state index contributed by atoms with van der Waals surface area (Å²) in [6.07, 6.45) is 11.4. The molecule has 3 rings (SSSR count). The van der Waals surface area contributed by atoms with Crippen molar-refractivity contribution in [1.82, 2.24) is 9.55 Å². The minimum atomic E-state index is -0.123. The van der Waals surface area contributed by atoms with Gasteiger partial charge < -0.3 is 9.88 Å². The van der Waals surface area contributed by atoms with Gasteiger partial charge in [0.25, 0.3) is 0 Å². The van der Waals surface area contributed by atoms with E-state index in [9.17, 15) is 9.59 Å². The zero-order valence-electron chi connectivity index (χ0n) is 14.7. The molecule has 5 nitrogen and oxygen atoms in total. The Kier molecular flexibility index (Phi) is 5.64. The summed E-state index contributed by atoms with van der Waals surface area (Å²) >= 11 is 0. The van der Waals surface area contributed by atoms with Crippen LogP contribution < -0.4 is 5.32 Å². The van der Waals surface area contributed by atoms with Crippen molar-refractivity contribution in [2.45, 2.75) is 44.9 Å². The second kappa shape index (κ2) is 8.10. The highest BCUT2D eigenvalue weighted by atomic mass is 16.1. The number of ketones is 1. The fraction of sp³-hybridized carbons (Fsp3) is 0.450. The lowest BCUT2D eigenvalue weighted by molar-refractivity contribution is -0.116. The topological polar surface area (TPSA) is 64.0 Å². The van der Waals surface area contributed by atoms with Crippen molar-refractivity contribution >= 4 is 17.4 Å². The second-order valence-corrected chi connectivity index (χ2v) is 6.86. The molecule has 0 spiro atoms. The molecule has 1 amide bonds. The molecule has 1 aromatic heterocycles. The van der Waals surface area contributed by atoms with E-state index in [2.05, 4.69) is 10.3 Å². The van der Waals surface area contributed by atoms with Crippen molar-refractivity contribution in [2.24, 2.45) is 13.0 Å². The fourth-order valence-electron chi connectivity index (χ4n) is 3.45. The molecule has 1 saturated carbocycles. The van der Waals surface area contributed by atoms with Crippen molar-refractivity contribution in [3.63, 3.8) is 0 Å². The normalized spacial score (nSPS) is 15.1. The van der Waals surface area contributed by atoms with Gasteiger partial charge in [-0.2, -0.15) is 0 Å². The summed E-state index contributed by atoms with van der Waals surface area (Å²) in [7, 11) is 1.79. The van der Waals surface area contributed by atoms with Crippen LogP contribution in [0.3, 0.4) is 0 Å². The van der Waals surface area contributed by atoms with Crippen LogP contribution >= 0.6 is 0 Å². The van der Waals surface area contributed by atoms with Gasteiger partial charge in [0.1, 0.15) is 0 Å². The molecule has 1 heterocycles. The summed E-state index contributed by atoms with van der Waals surface area (Å²) in [5.74, 6) is 1.04. The summed E-state index contributed by atoms with van der Waals surface area (Å²) in [4.78, 5) is 28.6. The van der Waals surface area contributed by atoms with Crippen LogP contribution in [0.25, 0.3) is 0 Å². The first kappa shape index (κ1) is 17.4. The van der Waals surface area contributed by atoms with Gasteiger partial charge in [0, 0.05) is 37.1 Å². The van der Waals surface area contributed by atoms with E-state index in [4.69, 9.17) is 0 Å². The van der Waals surface area contributed by atoms with E-state index in [-0.39, 0.29) is 11.7 Å². The van der Waals surface area contributed by atoms with Gasteiger partial charge in [0.2, 0.25) is 11.7 Å². The zero-order valence-corrected chi connectivity index (χ0v) is 14.7. The number of rotatable bonds is 6. The molecule has 0 bridgehead atoms. The number of anilines is 1. The molecule has 2 aromatic rings. The summed E-state index contributed by atoms with van der Waals surface area (Å²) in [6, 6.07) is 7.00. The van der Waals surface area contributed by atoms with Crippen LogP contribution in [0, 0.1) is 5.92 Å². The van der Waals surface area contributed by atoms with Crippen molar-refractivity contribution in [3.05, 3.63) is 48.0 Å². The Morgan fingerprint density at radius 3 is 2.52 bits per heavy atom. The molecular formula is C20H25N3O2. The van der Waals surface area contributed by atoms with Crippen molar-refractivity contribution in [3.8, 4) is 0 Å². The number of carbonyl (C=O) groups excluding carboxylic acids is 2. The van der Waals surface area contributed by atoms with Gasteiger partial charge in [-0.05, 0) is 36.6 Å². The fourth-order valence-corrected chi connectivity index (χ4v) is 3.45. The quantitative estimate of drug-likeness (QED) is 0.811. The molecule has 0 saturated heterocycles. The number of hydrogen-bond acceptors (Lipinski definition) is 3. The highest BCUT2D eigenvalue weighted by molar-refractivity contribution is 6.07. The first-order valence-corrected chi connectivity index (χ1v) is 9.05. The minimum absolute atomic E-state index is 0.0498. The Hall–Kier alpha value is -2.43. The third kappa shape index (κ3) is 4.56. The van der Waals surface area contributed by atoms with Gasteiger partial charge in [-0.15, -0.1) is 0 Å². The first-order valence-electron chi connectivity index (χ1n) is 9.05. The number of nitrogens with one attached hydrogen (secondary N) is 1. The largest absolute Gasteiger partial charge is 0.331 e. The Bertz CT molecular complexity index is 728. The molecule has 0 unspecified atom stereocenters. The molecule has 1 N–H and O–H groups in total. The molecule has 5 heteroatoms. The average Bonchev–Trinajstić information content (AvgIpc) is 3.07. The van der Waals surface area contributed by atoms with E-state index in [1.807, 2.05) is 0 Å². The monoisotopic (exact) mass is 339 g/mol. The number of nitrogens with zero attached hydrogens (tertiary/aromatic N) is 2. The van der Waals surface area contributed by atoms with Crippen LogP contribution in [0.5, 0.6) is 0 Å². The highest BCUT2D eigenvalue weighted by Gasteiger charge is 2.16. The standard InChI is InChI=1S/C20H25N3O2/c1-23-14-13-21-20(23)19(25)16-8-10-17(11-9-16)22-18(24)12-7-15-5-3-2-4-6-15/h8-11,13-15H,2-7,12H2,1H3,(H,22,24). The Labute approximate surface area is 148 Å². The lowest BCUT2D eigenvalue weighted by Crippen LogP contribution is -2.15. The zero-order chi connectivity index (χ0) is 17.6. The van der Waals surface area contributed by atoms with Crippen molar-refractivity contribution in [1.29, 1.82) is 0 Å². The molecule has 1 fully saturated rings. The minimum Gasteiger partial charge on any atom is -0.331 e. The lowest BCUT2D eigenvalue weighted by Gasteiger charge is -2.21. The Morgan fingerprint density at radius 2 is 1.88 bits per heavy atom. The smallest absolute Gasteiger partial charge is 0.228 e. The SMILES string of the molecule is Cn1ccnc1C(=O)c1ccc(NC(=O)CCC2CCCCC2)cc1. The highest BCUT2D eigenvalue weighted by Crippen LogP contribution is 2.27. The summed E-state index contributed by atoms with van der Waals surface area (Å²) < 4.78 is 1.70. The third-order valence-corrected chi connectivity index (χ3v) is 4.96. The summed E-state index contributed by atoms with van der Waals surface area (Å²) in [5, 5.41) is 2.92. The lowest BCUT2D eigenvalue weighted by atomic mass is 9.86. The number of hydrogen-bond donors (Lipinski definition) is 1. The van der Waals surface area contributed by atoms with E-state index < -0.39 is 0 Å². The summed E-state index contributed by atoms with van der Waals surface area (Å²) in [5.41, 5.74) is 1.29. The van der Waals surface area contributed by atoms with E-state index in [0.717, 1.165) is 12.1 Å². The molecule has 1 aliphatic carbocycles. The molecular weight excluding hydrogens is 314 g/mol. The van der Waals surface area contributed by atoms with Crippen molar-refractivity contribution < 1.29 is 9.59 Å². The van der Waals surface area contributed by atoms with Crippen LogP contribution in [0.1, 0.15) is 61.1 Å². The predicted molar refractivity (Wildman–Crippen MR) is 97.5 cm³/mol. The number of aryl methyl sites for hydroxylation is 1. The molecule has 132 valence electrons. The Morgan fingerprint density at radius 1 is 1.16 bits per heavy atom. The maximum absolute atomic E-state index is 12.4. The molecule has 25 heavy (non-hydrogen) atoms. The molecule has 0 atom stereocenters. The number of aromatic nitrogens is 2. The molecule has 1 aromatic carbocycles. The van der Waals surface area contributed by atoms with Crippen molar-refractivity contribution in [2.75, 3.05) is 5.32 Å². The van der Waals surface area contributed by atoms with Gasteiger partial charge in [-0.1, -0.05) is 32.1 Å².